The van der Waals surface area contributed by atoms with Gasteiger partial charge in [0, 0.05) is 16.7 Å². The molecule has 1 heterocycles. The highest BCUT2D eigenvalue weighted by atomic mass is 79.9. The summed E-state index contributed by atoms with van der Waals surface area (Å²) in [5.74, 6) is 2.14. The minimum absolute atomic E-state index is 0.0945. The van der Waals surface area contributed by atoms with Gasteiger partial charge in [-0.25, -0.2) is 0 Å². The topological polar surface area (TPSA) is 78.3 Å². The van der Waals surface area contributed by atoms with E-state index in [1.165, 1.54) is 11.8 Å². The van der Waals surface area contributed by atoms with Crippen LogP contribution in [0.3, 0.4) is 0 Å². The standard InChI is InChI=1S/C21H23BrN4O3S/c1-4-26-19(12-29-18-8-6-5-7-17(18)28-3)24-25-21(26)30-13-20(27)23-16-10-9-15(22)11-14(16)2/h5-11H,4,12-13H2,1-3H3,(H,23,27). The number of hydrogen-bond acceptors (Lipinski definition) is 6. The van der Waals surface area contributed by atoms with E-state index >= 15 is 0 Å². The van der Waals surface area contributed by atoms with Crippen molar-refractivity contribution in [1.82, 2.24) is 14.8 Å². The number of benzene rings is 2. The Hall–Kier alpha value is -2.52. The van der Waals surface area contributed by atoms with Gasteiger partial charge in [0.15, 0.2) is 22.5 Å². The van der Waals surface area contributed by atoms with Gasteiger partial charge >= 0.3 is 0 Å². The highest BCUT2D eigenvalue weighted by Gasteiger charge is 2.15. The number of carbonyl (C=O) groups excluding carboxylic acids is 1. The second-order valence-electron chi connectivity index (χ2n) is 6.38. The van der Waals surface area contributed by atoms with Crippen LogP contribution in [0.2, 0.25) is 0 Å². The Morgan fingerprint density at radius 3 is 2.67 bits per heavy atom. The van der Waals surface area contributed by atoms with Crippen molar-refractivity contribution in [3.05, 3.63) is 58.3 Å². The molecule has 30 heavy (non-hydrogen) atoms. The van der Waals surface area contributed by atoms with Crippen molar-refractivity contribution in [2.75, 3.05) is 18.2 Å². The lowest BCUT2D eigenvalue weighted by Crippen LogP contribution is -2.15. The molecule has 0 radical (unpaired) electrons. The molecule has 0 unspecified atom stereocenters. The number of thioether (sulfide) groups is 1. The average molecular weight is 491 g/mol. The first-order valence-electron chi connectivity index (χ1n) is 9.38. The van der Waals surface area contributed by atoms with Crippen LogP contribution in [0.15, 0.2) is 52.1 Å². The molecule has 3 aromatic rings. The van der Waals surface area contributed by atoms with Gasteiger partial charge in [0.1, 0.15) is 6.61 Å². The summed E-state index contributed by atoms with van der Waals surface area (Å²) >= 11 is 4.77. The van der Waals surface area contributed by atoms with Crippen LogP contribution in [0.5, 0.6) is 11.5 Å². The smallest absolute Gasteiger partial charge is 0.234 e. The Labute approximate surface area is 188 Å². The fourth-order valence-electron chi connectivity index (χ4n) is 2.81. The van der Waals surface area contributed by atoms with Crippen LogP contribution < -0.4 is 14.8 Å². The third-order valence-corrected chi connectivity index (χ3v) is 5.79. The van der Waals surface area contributed by atoms with Crippen LogP contribution in [-0.4, -0.2) is 33.5 Å². The molecular formula is C21H23BrN4O3S. The van der Waals surface area contributed by atoms with Crippen LogP contribution in [0, 0.1) is 6.92 Å². The molecule has 2 aromatic carbocycles. The lowest BCUT2D eigenvalue weighted by atomic mass is 10.2. The minimum Gasteiger partial charge on any atom is -0.493 e. The molecule has 1 N–H and O–H groups in total. The van der Waals surface area contributed by atoms with Gasteiger partial charge in [0.2, 0.25) is 5.91 Å². The van der Waals surface area contributed by atoms with E-state index in [0.717, 1.165) is 15.7 Å². The molecular weight excluding hydrogens is 468 g/mol. The number of ether oxygens (including phenoxy) is 2. The number of carbonyl (C=O) groups is 1. The van der Waals surface area contributed by atoms with E-state index in [4.69, 9.17) is 9.47 Å². The zero-order valence-corrected chi connectivity index (χ0v) is 19.4. The molecule has 0 aliphatic carbocycles. The van der Waals surface area contributed by atoms with Gasteiger partial charge in [0.25, 0.3) is 0 Å². The van der Waals surface area contributed by atoms with E-state index < -0.39 is 0 Å². The molecule has 0 aliphatic heterocycles. The SMILES string of the molecule is CCn1c(COc2ccccc2OC)nnc1SCC(=O)Nc1ccc(Br)cc1C. The van der Waals surface area contributed by atoms with Gasteiger partial charge in [-0.05, 0) is 49.7 Å². The molecule has 0 spiro atoms. The number of rotatable bonds is 9. The van der Waals surface area contributed by atoms with Crippen molar-refractivity contribution in [2.45, 2.75) is 32.2 Å². The first kappa shape index (κ1) is 22.2. The number of nitrogens with zero attached hydrogens (tertiary/aromatic N) is 3. The van der Waals surface area contributed by atoms with Gasteiger partial charge in [-0.3, -0.25) is 4.79 Å². The van der Waals surface area contributed by atoms with Crippen LogP contribution in [0.4, 0.5) is 5.69 Å². The molecule has 0 bridgehead atoms. The average Bonchev–Trinajstić information content (AvgIpc) is 3.14. The normalized spacial score (nSPS) is 10.7. The number of aryl methyl sites for hydroxylation is 1. The molecule has 0 fully saturated rings. The summed E-state index contributed by atoms with van der Waals surface area (Å²) in [4.78, 5) is 12.4. The summed E-state index contributed by atoms with van der Waals surface area (Å²) in [6, 6.07) is 13.2. The quantitative estimate of drug-likeness (QED) is 0.438. The van der Waals surface area contributed by atoms with Crippen molar-refractivity contribution < 1.29 is 14.3 Å². The minimum atomic E-state index is -0.0945. The third kappa shape index (κ3) is 5.54. The molecule has 158 valence electrons. The van der Waals surface area contributed by atoms with E-state index in [-0.39, 0.29) is 18.3 Å². The van der Waals surface area contributed by atoms with E-state index in [2.05, 4.69) is 31.4 Å². The molecule has 1 aromatic heterocycles. The van der Waals surface area contributed by atoms with Crippen LogP contribution in [0.25, 0.3) is 0 Å². The lowest BCUT2D eigenvalue weighted by molar-refractivity contribution is -0.113. The Bertz CT molecular complexity index is 1030. The van der Waals surface area contributed by atoms with Crippen molar-refractivity contribution in [3.8, 4) is 11.5 Å². The number of halogens is 1. The molecule has 3 rings (SSSR count). The Kier molecular flexibility index (Phi) is 7.75. The molecule has 0 saturated heterocycles. The molecule has 0 aliphatic rings. The zero-order chi connectivity index (χ0) is 21.5. The number of para-hydroxylation sites is 2. The van der Waals surface area contributed by atoms with Crippen molar-refractivity contribution in [2.24, 2.45) is 0 Å². The maximum atomic E-state index is 12.4. The third-order valence-electron chi connectivity index (χ3n) is 4.33. The van der Waals surface area contributed by atoms with E-state index in [1.807, 2.05) is 60.9 Å². The predicted molar refractivity (Wildman–Crippen MR) is 121 cm³/mol. The summed E-state index contributed by atoms with van der Waals surface area (Å²) in [6.07, 6.45) is 0. The van der Waals surface area contributed by atoms with Crippen molar-refractivity contribution >= 4 is 39.3 Å². The largest absolute Gasteiger partial charge is 0.493 e. The van der Waals surface area contributed by atoms with Crippen molar-refractivity contribution in [1.29, 1.82) is 0 Å². The van der Waals surface area contributed by atoms with Crippen LogP contribution in [-0.2, 0) is 17.9 Å². The number of nitrogens with one attached hydrogen (secondary N) is 1. The summed E-state index contributed by atoms with van der Waals surface area (Å²) in [7, 11) is 1.60. The number of aromatic nitrogens is 3. The highest BCUT2D eigenvalue weighted by molar-refractivity contribution is 9.10. The van der Waals surface area contributed by atoms with Crippen LogP contribution >= 0.6 is 27.7 Å². The fourth-order valence-corrected chi connectivity index (χ4v) is 4.11. The van der Waals surface area contributed by atoms with Gasteiger partial charge in [-0.1, -0.05) is 39.8 Å². The van der Waals surface area contributed by atoms with Crippen molar-refractivity contribution in [3.63, 3.8) is 0 Å². The highest BCUT2D eigenvalue weighted by Crippen LogP contribution is 2.27. The summed E-state index contributed by atoms with van der Waals surface area (Å²) in [5.41, 5.74) is 1.79. The monoisotopic (exact) mass is 490 g/mol. The second kappa shape index (κ2) is 10.5. The fraction of sp³-hybridized carbons (Fsp3) is 0.286. The van der Waals surface area contributed by atoms with E-state index in [9.17, 15) is 4.79 Å². The Morgan fingerprint density at radius 2 is 1.97 bits per heavy atom. The first-order valence-corrected chi connectivity index (χ1v) is 11.2. The molecule has 1 amide bonds. The first-order chi connectivity index (χ1) is 14.5. The van der Waals surface area contributed by atoms with Gasteiger partial charge < -0.3 is 19.4 Å². The van der Waals surface area contributed by atoms with E-state index in [0.29, 0.717) is 29.0 Å². The summed E-state index contributed by atoms with van der Waals surface area (Å²) in [6.45, 7) is 4.89. The maximum absolute atomic E-state index is 12.4. The van der Waals surface area contributed by atoms with Gasteiger partial charge in [-0.15, -0.1) is 10.2 Å². The van der Waals surface area contributed by atoms with E-state index in [1.54, 1.807) is 7.11 Å². The number of anilines is 1. The summed E-state index contributed by atoms with van der Waals surface area (Å²) < 4.78 is 14.1. The second-order valence-corrected chi connectivity index (χ2v) is 8.24. The van der Waals surface area contributed by atoms with Gasteiger partial charge in [0.05, 0.1) is 12.9 Å². The number of hydrogen-bond donors (Lipinski definition) is 1. The molecule has 7 nitrogen and oxygen atoms in total. The summed E-state index contributed by atoms with van der Waals surface area (Å²) in [5, 5.41) is 12.1. The maximum Gasteiger partial charge on any atom is 0.234 e. The molecule has 0 saturated carbocycles. The van der Waals surface area contributed by atoms with Gasteiger partial charge in [-0.2, -0.15) is 0 Å². The lowest BCUT2D eigenvalue weighted by Gasteiger charge is -2.11. The Morgan fingerprint density at radius 1 is 1.20 bits per heavy atom. The predicted octanol–water partition coefficient (Wildman–Crippen LogP) is 4.69. The van der Waals surface area contributed by atoms with Crippen LogP contribution in [0.1, 0.15) is 18.3 Å². The zero-order valence-electron chi connectivity index (χ0n) is 17.0. The Balaban J connectivity index is 1.60. The molecule has 0 atom stereocenters. The number of methoxy groups -OCH3 is 1. The number of amides is 1. The molecule has 9 heteroatoms.